The Bertz CT molecular complexity index is 702. The molecule has 0 saturated heterocycles. The van der Waals surface area contributed by atoms with Crippen LogP contribution in [0.2, 0.25) is 0 Å². The summed E-state index contributed by atoms with van der Waals surface area (Å²) >= 11 is 1.45. The molecule has 0 bridgehead atoms. The quantitative estimate of drug-likeness (QED) is 0.850. The number of nitrogens with zero attached hydrogens (tertiary/aromatic N) is 1. The number of carbonyl (C=O) groups is 1. The highest BCUT2D eigenvalue weighted by molar-refractivity contribution is 7.89. The fraction of sp³-hybridized carbons (Fsp3) is 0.250. The number of nitrogens with one attached hydrogen (secondary N) is 1. The summed E-state index contributed by atoms with van der Waals surface area (Å²) in [6, 6.07) is 4.83. The van der Waals surface area contributed by atoms with E-state index in [-0.39, 0.29) is 17.1 Å². The van der Waals surface area contributed by atoms with E-state index in [0.29, 0.717) is 6.54 Å². The summed E-state index contributed by atoms with van der Waals surface area (Å²) in [7, 11) is -3.71. The van der Waals surface area contributed by atoms with E-state index in [1.165, 1.54) is 28.2 Å². The summed E-state index contributed by atoms with van der Waals surface area (Å²) in [6.07, 6.45) is 1.33. The highest BCUT2D eigenvalue weighted by atomic mass is 32.2. The fourth-order valence-electron chi connectivity index (χ4n) is 1.73. The number of hydrogen-bond donors (Lipinski definition) is 2. The van der Waals surface area contributed by atoms with E-state index < -0.39 is 16.0 Å². The Labute approximate surface area is 120 Å². The van der Waals surface area contributed by atoms with Gasteiger partial charge in [-0.15, -0.1) is 11.3 Å². The zero-order valence-corrected chi connectivity index (χ0v) is 12.4. The lowest BCUT2D eigenvalue weighted by molar-refractivity contribution is 0.0685. The molecule has 0 unspecified atom stereocenters. The van der Waals surface area contributed by atoms with Gasteiger partial charge in [-0.1, -0.05) is 6.07 Å². The zero-order chi connectivity index (χ0) is 14.8. The average Bonchev–Trinajstić information content (AvgIpc) is 3.05. The second-order valence-electron chi connectivity index (χ2n) is 4.06. The SMILES string of the molecule is CCn1cc(S(=O)(=O)NCc2cccs2)cc1C(=O)O. The number of carboxylic acids is 1. The van der Waals surface area contributed by atoms with Gasteiger partial charge in [0.05, 0.1) is 0 Å². The van der Waals surface area contributed by atoms with Crippen molar-refractivity contribution >= 4 is 27.3 Å². The van der Waals surface area contributed by atoms with Crippen LogP contribution in [0.3, 0.4) is 0 Å². The van der Waals surface area contributed by atoms with Crippen LogP contribution in [0.15, 0.2) is 34.7 Å². The van der Waals surface area contributed by atoms with Gasteiger partial charge in [0.15, 0.2) is 0 Å². The van der Waals surface area contributed by atoms with Crippen LogP contribution in [-0.2, 0) is 23.1 Å². The molecule has 2 aromatic heterocycles. The van der Waals surface area contributed by atoms with Crippen molar-refractivity contribution in [3.8, 4) is 0 Å². The number of sulfonamides is 1. The molecule has 20 heavy (non-hydrogen) atoms. The molecule has 2 N–H and O–H groups in total. The van der Waals surface area contributed by atoms with E-state index in [9.17, 15) is 13.2 Å². The third kappa shape index (κ3) is 3.09. The highest BCUT2D eigenvalue weighted by Crippen LogP contribution is 2.16. The number of aromatic carboxylic acids is 1. The topological polar surface area (TPSA) is 88.4 Å². The minimum Gasteiger partial charge on any atom is -0.477 e. The van der Waals surface area contributed by atoms with Crippen LogP contribution in [0.5, 0.6) is 0 Å². The molecule has 0 amide bonds. The second-order valence-corrected chi connectivity index (χ2v) is 6.86. The summed E-state index contributed by atoms with van der Waals surface area (Å²) in [6.45, 7) is 2.34. The van der Waals surface area contributed by atoms with Crippen LogP contribution < -0.4 is 4.72 Å². The van der Waals surface area contributed by atoms with Gasteiger partial charge in [0.2, 0.25) is 10.0 Å². The summed E-state index contributed by atoms with van der Waals surface area (Å²) in [5, 5.41) is 10.9. The molecule has 0 aromatic carbocycles. The van der Waals surface area contributed by atoms with Crippen molar-refractivity contribution in [1.29, 1.82) is 0 Å². The van der Waals surface area contributed by atoms with E-state index in [2.05, 4.69) is 4.72 Å². The smallest absolute Gasteiger partial charge is 0.352 e. The number of rotatable bonds is 6. The summed E-state index contributed by atoms with van der Waals surface area (Å²) in [5.74, 6) is -1.15. The Morgan fingerprint density at radius 2 is 2.25 bits per heavy atom. The van der Waals surface area contributed by atoms with Crippen LogP contribution in [-0.4, -0.2) is 24.1 Å². The lowest BCUT2D eigenvalue weighted by Crippen LogP contribution is -2.22. The van der Waals surface area contributed by atoms with Crippen molar-refractivity contribution < 1.29 is 18.3 Å². The Kier molecular flexibility index (Phi) is 4.26. The van der Waals surface area contributed by atoms with Gasteiger partial charge in [-0.25, -0.2) is 17.9 Å². The van der Waals surface area contributed by atoms with Gasteiger partial charge in [-0.3, -0.25) is 0 Å². The van der Waals surface area contributed by atoms with Gasteiger partial charge in [-0.05, 0) is 24.4 Å². The first-order valence-corrected chi connectivity index (χ1v) is 8.26. The number of carboxylic acid groups (broad SMARTS) is 1. The van der Waals surface area contributed by atoms with Crippen LogP contribution in [0.25, 0.3) is 0 Å². The Morgan fingerprint density at radius 1 is 1.50 bits per heavy atom. The van der Waals surface area contributed by atoms with E-state index in [1.807, 2.05) is 17.5 Å². The van der Waals surface area contributed by atoms with Gasteiger partial charge in [0.1, 0.15) is 10.6 Å². The maximum Gasteiger partial charge on any atom is 0.352 e. The van der Waals surface area contributed by atoms with Crippen molar-refractivity contribution in [3.05, 3.63) is 40.3 Å². The third-order valence-electron chi connectivity index (χ3n) is 2.76. The van der Waals surface area contributed by atoms with Crippen molar-refractivity contribution in [3.63, 3.8) is 0 Å². The number of hydrogen-bond acceptors (Lipinski definition) is 4. The largest absolute Gasteiger partial charge is 0.477 e. The van der Waals surface area contributed by atoms with Crippen LogP contribution in [0.1, 0.15) is 22.3 Å². The molecule has 0 atom stereocenters. The highest BCUT2D eigenvalue weighted by Gasteiger charge is 2.20. The molecule has 0 aliphatic heterocycles. The monoisotopic (exact) mass is 314 g/mol. The molecule has 0 aliphatic rings. The Hall–Kier alpha value is -1.64. The summed E-state index contributed by atoms with van der Waals surface area (Å²) < 4.78 is 28.1. The molecule has 8 heteroatoms. The molecule has 2 aromatic rings. The summed E-state index contributed by atoms with van der Waals surface area (Å²) in [5.41, 5.74) is -0.0380. The predicted molar refractivity (Wildman–Crippen MR) is 75.4 cm³/mol. The van der Waals surface area contributed by atoms with Gasteiger partial charge in [-0.2, -0.15) is 0 Å². The predicted octanol–water partition coefficient (Wildman–Crippen LogP) is 1.75. The maximum absolute atomic E-state index is 12.1. The normalized spacial score (nSPS) is 11.7. The molecule has 2 heterocycles. The zero-order valence-electron chi connectivity index (χ0n) is 10.7. The molecule has 0 fully saturated rings. The molecule has 108 valence electrons. The standard InChI is InChI=1S/C12H14N2O4S2/c1-2-14-8-10(6-11(14)12(15)16)20(17,18)13-7-9-4-3-5-19-9/h3-6,8,13H,2,7H2,1H3,(H,15,16). The van der Waals surface area contributed by atoms with E-state index in [0.717, 1.165) is 4.88 Å². The van der Waals surface area contributed by atoms with E-state index in [1.54, 1.807) is 6.92 Å². The lowest BCUT2D eigenvalue weighted by atomic mass is 10.4. The molecular weight excluding hydrogens is 300 g/mol. The molecule has 6 nitrogen and oxygen atoms in total. The van der Waals surface area contributed by atoms with Gasteiger partial charge in [0.25, 0.3) is 0 Å². The van der Waals surface area contributed by atoms with Crippen molar-refractivity contribution in [2.24, 2.45) is 0 Å². The van der Waals surface area contributed by atoms with Gasteiger partial charge >= 0.3 is 5.97 Å². The van der Waals surface area contributed by atoms with Crippen LogP contribution in [0, 0.1) is 0 Å². The minimum absolute atomic E-state index is 0.0340. The number of aromatic nitrogens is 1. The molecule has 0 aliphatic carbocycles. The van der Waals surface area contributed by atoms with Crippen LogP contribution >= 0.6 is 11.3 Å². The Morgan fingerprint density at radius 3 is 2.75 bits per heavy atom. The average molecular weight is 314 g/mol. The fourth-order valence-corrected chi connectivity index (χ4v) is 3.51. The lowest BCUT2D eigenvalue weighted by Gasteiger charge is -2.03. The minimum atomic E-state index is -3.71. The van der Waals surface area contributed by atoms with E-state index in [4.69, 9.17) is 5.11 Å². The summed E-state index contributed by atoms with van der Waals surface area (Å²) in [4.78, 5) is 11.9. The number of thiophene rings is 1. The van der Waals surface area contributed by atoms with Crippen LogP contribution in [0.4, 0.5) is 0 Å². The second kappa shape index (κ2) is 5.78. The maximum atomic E-state index is 12.1. The van der Waals surface area contributed by atoms with E-state index >= 15 is 0 Å². The molecule has 0 radical (unpaired) electrons. The van der Waals surface area contributed by atoms with Gasteiger partial charge in [0, 0.05) is 24.2 Å². The molecule has 2 rings (SSSR count). The first-order chi connectivity index (χ1) is 9.44. The van der Waals surface area contributed by atoms with Gasteiger partial charge < -0.3 is 9.67 Å². The first kappa shape index (κ1) is 14.8. The van der Waals surface area contributed by atoms with Crippen molar-refractivity contribution in [2.75, 3.05) is 0 Å². The van der Waals surface area contributed by atoms with Crippen molar-refractivity contribution in [1.82, 2.24) is 9.29 Å². The number of aryl methyl sites for hydroxylation is 1. The Balaban J connectivity index is 2.23. The third-order valence-corrected chi connectivity index (χ3v) is 5.00. The molecule has 0 spiro atoms. The molecule has 0 saturated carbocycles. The molecular formula is C12H14N2O4S2. The van der Waals surface area contributed by atoms with Crippen molar-refractivity contribution in [2.45, 2.75) is 24.9 Å². The first-order valence-electron chi connectivity index (χ1n) is 5.89.